The van der Waals surface area contributed by atoms with Crippen molar-refractivity contribution in [2.24, 2.45) is 0 Å². The normalized spacial score (nSPS) is 18.9. The van der Waals surface area contributed by atoms with Gasteiger partial charge in [0.2, 0.25) is 0 Å². The Morgan fingerprint density at radius 2 is 2.04 bits per heavy atom. The molecule has 0 fully saturated rings. The summed E-state index contributed by atoms with van der Waals surface area (Å²) in [7, 11) is 1.49. The van der Waals surface area contributed by atoms with Gasteiger partial charge >= 0.3 is 0 Å². The van der Waals surface area contributed by atoms with Crippen LogP contribution in [0.15, 0.2) is 36.4 Å². The molecule has 124 valence electrons. The first-order valence-electron chi connectivity index (χ1n) is 7.06. The van der Waals surface area contributed by atoms with Gasteiger partial charge in [-0.25, -0.2) is 0 Å². The second-order valence-electron chi connectivity index (χ2n) is 5.46. The number of ketones is 1. The summed E-state index contributed by atoms with van der Waals surface area (Å²) in [4.78, 5) is 24.8. The van der Waals surface area contributed by atoms with Crippen molar-refractivity contribution < 1.29 is 19.4 Å². The van der Waals surface area contributed by atoms with Gasteiger partial charge in [0.05, 0.1) is 24.2 Å². The first kappa shape index (κ1) is 16.8. The maximum atomic E-state index is 12.5. The van der Waals surface area contributed by atoms with Gasteiger partial charge in [-0.2, -0.15) is 0 Å². The summed E-state index contributed by atoms with van der Waals surface area (Å²) in [5.41, 5.74) is -1.25. The highest BCUT2D eigenvalue weighted by Crippen LogP contribution is 2.44. The molecule has 7 heteroatoms. The van der Waals surface area contributed by atoms with E-state index in [4.69, 9.17) is 27.9 Å². The zero-order valence-electron chi connectivity index (χ0n) is 12.6. The van der Waals surface area contributed by atoms with Gasteiger partial charge in [0.1, 0.15) is 5.75 Å². The predicted molar refractivity (Wildman–Crippen MR) is 90.9 cm³/mol. The number of Topliss-reactive ketones (excluding diaryl/α,β-unsaturated/α-hetero) is 1. The largest absolute Gasteiger partial charge is 0.497 e. The number of anilines is 1. The summed E-state index contributed by atoms with van der Waals surface area (Å²) < 4.78 is 5.08. The van der Waals surface area contributed by atoms with Crippen LogP contribution in [0.4, 0.5) is 5.69 Å². The van der Waals surface area contributed by atoms with E-state index in [2.05, 4.69) is 5.32 Å². The van der Waals surface area contributed by atoms with Gasteiger partial charge in [-0.1, -0.05) is 35.3 Å². The number of halogens is 2. The van der Waals surface area contributed by atoms with Crippen LogP contribution in [-0.2, 0) is 10.4 Å². The standard InChI is InChI=1S/C17H13Cl2NO4/c1-24-11-4-2-3-9(5-11)14(21)8-17(23)15-12(19)6-10(18)7-13(15)20-16(17)22/h2-7,23H,8H2,1H3,(H,20,22). The van der Waals surface area contributed by atoms with Crippen LogP contribution in [0.1, 0.15) is 22.3 Å². The fourth-order valence-electron chi connectivity index (χ4n) is 2.73. The van der Waals surface area contributed by atoms with E-state index >= 15 is 0 Å². The number of carbonyl (C=O) groups is 2. The molecule has 5 nitrogen and oxygen atoms in total. The molecule has 2 aromatic carbocycles. The topological polar surface area (TPSA) is 75.6 Å². The Morgan fingerprint density at radius 1 is 1.29 bits per heavy atom. The van der Waals surface area contributed by atoms with Crippen molar-refractivity contribution in [2.45, 2.75) is 12.0 Å². The van der Waals surface area contributed by atoms with Crippen LogP contribution >= 0.6 is 23.2 Å². The summed E-state index contributed by atoms with van der Waals surface area (Å²) in [6.07, 6.45) is -0.444. The molecule has 2 N–H and O–H groups in total. The summed E-state index contributed by atoms with van der Waals surface area (Å²) in [6, 6.07) is 9.39. The summed E-state index contributed by atoms with van der Waals surface area (Å²) in [5, 5.41) is 13.8. The average Bonchev–Trinajstić information content (AvgIpc) is 2.77. The van der Waals surface area contributed by atoms with Crippen molar-refractivity contribution in [1.82, 2.24) is 0 Å². The summed E-state index contributed by atoms with van der Waals surface area (Å²) in [5.74, 6) is -0.614. The van der Waals surface area contributed by atoms with Gasteiger partial charge in [-0.15, -0.1) is 0 Å². The number of methoxy groups -OCH3 is 1. The highest BCUT2D eigenvalue weighted by atomic mass is 35.5. The van der Waals surface area contributed by atoms with E-state index < -0.39 is 23.7 Å². The van der Waals surface area contributed by atoms with E-state index in [9.17, 15) is 14.7 Å². The maximum absolute atomic E-state index is 12.5. The van der Waals surface area contributed by atoms with Crippen molar-refractivity contribution in [3.63, 3.8) is 0 Å². The number of fused-ring (bicyclic) bond motifs is 1. The lowest BCUT2D eigenvalue weighted by atomic mass is 9.88. The number of amides is 1. The van der Waals surface area contributed by atoms with Gasteiger partial charge in [0, 0.05) is 16.1 Å². The van der Waals surface area contributed by atoms with E-state index in [1.54, 1.807) is 24.3 Å². The van der Waals surface area contributed by atoms with Crippen LogP contribution in [-0.4, -0.2) is 23.9 Å². The van der Waals surface area contributed by atoms with Crippen molar-refractivity contribution in [1.29, 1.82) is 0 Å². The second-order valence-corrected chi connectivity index (χ2v) is 6.30. The lowest BCUT2D eigenvalue weighted by molar-refractivity contribution is -0.133. The highest BCUT2D eigenvalue weighted by Gasteiger charge is 2.48. The van der Waals surface area contributed by atoms with Crippen molar-refractivity contribution in [2.75, 3.05) is 12.4 Å². The van der Waals surface area contributed by atoms with E-state index in [0.29, 0.717) is 22.0 Å². The Morgan fingerprint density at radius 3 is 2.75 bits per heavy atom. The molecule has 0 radical (unpaired) electrons. The van der Waals surface area contributed by atoms with Gasteiger partial charge < -0.3 is 15.2 Å². The summed E-state index contributed by atoms with van der Waals surface area (Å²) in [6.45, 7) is 0. The SMILES string of the molecule is COc1cccc(C(=O)CC2(O)C(=O)Nc3cc(Cl)cc(Cl)c32)c1. The molecule has 1 aliphatic heterocycles. The molecule has 1 atom stereocenters. The average molecular weight is 366 g/mol. The summed E-state index contributed by atoms with van der Waals surface area (Å²) >= 11 is 12.0. The minimum Gasteiger partial charge on any atom is -0.497 e. The van der Waals surface area contributed by atoms with E-state index in [0.717, 1.165) is 0 Å². The Bertz CT molecular complexity index is 852. The fraction of sp³-hybridized carbons (Fsp3) is 0.176. The lowest BCUT2D eigenvalue weighted by Crippen LogP contribution is -2.36. The molecule has 1 heterocycles. The minimum absolute atomic E-state index is 0.122. The van der Waals surface area contributed by atoms with Crippen LogP contribution in [0.25, 0.3) is 0 Å². The third kappa shape index (κ3) is 2.75. The van der Waals surface area contributed by atoms with Crippen LogP contribution in [0.2, 0.25) is 10.0 Å². The minimum atomic E-state index is -2.04. The van der Waals surface area contributed by atoms with Gasteiger partial charge in [0.15, 0.2) is 11.4 Å². The molecule has 0 aliphatic carbocycles. The number of aliphatic hydroxyl groups is 1. The molecule has 24 heavy (non-hydrogen) atoms. The smallest absolute Gasteiger partial charge is 0.261 e. The molecule has 0 aromatic heterocycles. The molecule has 1 amide bonds. The number of nitrogens with one attached hydrogen (secondary N) is 1. The molecule has 1 aliphatic rings. The van der Waals surface area contributed by atoms with E-state index in [-0.39, 0.29) is 10.6 Å². The van der Waals surface area contributed by atoms with E-state index in [1.807, 2.05) is 0 Å². The Labute approximate surface area is 148 Å². The first-order valence-corrected chi connectivity index (χ1v) is 7.81. The number of benzene rings is 2. The van der Waals surface area contributed by atoms with Gasteiger partial charge in [0.25, 0.3) is 5.91 Å². The molecule has 3 rings (SSSR count). The molecule has 0 saturated carbocycles. The molecule has 1 unspecified atom stereocenters. The van der Waals surface area contributed by atoms with Crippen molar-refractivity contribution >= 4 is 40.6 Å². The number of hydrogen-bond acceptors (Lipinski definition) is 4. The molecular weight excluding hydrogens is 353 g/mol. The van der Waals surface area contributed by atoms with Crippen LogP contribution in [0.3, 0.4) is 0 Å². The maximum Gasteiger partial charge on any atom is 0.261 e. The quantitative estimate of drug-likeness (QED) is 0.814. The third-order valence-corrected chi connectivity index (χ3v) is 4.42. The predicted octanol–water partition coefficient (Wildman–Crippen LogP) is 3.41. The number of hydrogen-bond donors (Lipinski definition) is 2. The number of carbonyl (C=O) groups excluding carboxylic acids is 2. The molecule has 0 spiro atoms. The van der Waals surface area contributed by atoms with Gasteiger partial charge in [-0.05, 0) is 24.3 Å². The lowest BCUT2D eigenvalue weighted by Gasteiger charge is -2.21. The van der Waals surface area contributed by atoms with Crippen molar-refractivity contribution in [3.05, 3.63) is 57.6 Å². The Hall–Kier alpha value is -2.08. The number of rotatable bonds is 4. The van der Waals surface area contributed by atoms with Gasteiger partial charge in [-0.3, -0.25) is 9.59 Å². The highest BCUT2D eigenvalue weighted by molar-refractivity contribution is 6.36. The molecule has 2 aromatic rings. The second kappa shape index (κ2) is 6.09. The monoisotopic (exact) mass is 365 g/mol. The molecular formula is C17H13Cl2NO4. The zero-order valence-corrected chi connectivity index (χ0v) is 14.1. The first-order chi connectivity index (χ1) is 11.3. The molecule has 0 saturated heterocycles. The van der Waals surface area contributed by atoms with Crippen LogP contribution in [0, 0.1) is 0 Å². The van der Waals surface area contributed by atoms with Crippen molar-refractivity contribution in [3.8, 4) is 5.75 Å². The third-order valence-electron chi connectivity index (χ3n) is 3.90. The Balaban J connectivity index is 1.98. The van der Waals surface area contributed by atoms with Crippen LogP contribution in [0.5, 0.6) is 5.75 Å². The Kier molecular flexibility index (Phi) is 4.25. The number of ether oxygens (including phenoxy) is 1. The van der Waals surface area contributed by atoms with Crippen LogP contribution < -0.4 is 10.1 Å². The fourth-order valence-corrected chi connectivity index (χ4v) is 3.38. The van der Waals surface area contributed by atoms with E-state index in [1.165, 1.54) is 19.2 Å². The zero-order chi connectivity index (χ0) is 17.5. The molecule has 0 bridgehead atoms.